The minimum absolute atomic E-state index is 0.0608. The molecule has 19 heavy (non-hydrogen) atoms. The standard InChI is InChI=1S/C12H11BrClN3OS/c13-8-5-15-17(6-8)9-3-4-16(7-9)12(18)10-1-2-11(14)19-10/h1-2,5-6,9H,3-4,7H2. The zero-order valence-corrected chi connectivity index (χ0v) is 13.1. The van der Waals surface area contributed by atoms with Crippen molar-refractivity contribution in [1.82, 2.24) is 14.7 Å². The summed E-state index contributed by atoms with van der Waals surface area (Å²) in [6.07, 6.45) is 4.64. The van der Waals surface area contributed by atoms with Gasteiger partial charge in [-0.05, 0) is 34.5 Å². The van der Waals surface area contributed by atoms with E-state index in [2.05, 4.69) is 21.0 Å². The van der Waals surface area contributed by atoms with E-state index in [4.69, 9.17) is 11.6 Å². The van der Waals surface area contributed by atoms with Gasteiger partial charge in [0.2, 0.25) is 0 Å². The van der Waals surface area contributed by atoms with Crippen LogP contribution in [0.4, 0.5) is 0 Å². The van der Waals surface area contributed by atoms with Crippen LogP contribution in [0.1, 0.15) is 22.1 Å². The van der Waals surface area contributed by atoms with Crippen LogP contribution in [0.25, 0.3) is 0 Å². The lowest BCUT2D eigenvalue weighted by atomic mass is 10.3. The maximum absolute atomic E-state index is 12.3. The largest absolute Gasteiger partial charge is 0.336 e. The summed E-state index contributed by atoms with van der Waals surface area (Å²) in [7, 11) is 0. The van der Waals surface area contributed by atoms with Crippen LogP contribution in [-0.4, -0.2) is 33.7 Å². The number of aromatic nitrogens is 2. The minimum atomic E-state index is 0.0608. The molecule has 1 aliphatic heterocycles. The average Bonchev–Trinajstić information content (AvgIpc) is 3.07. The number of hydrogen-bond acceptors (Lipinski definition) is 3. The molecule has 100 valence electrons. The van der Waals surface area contributed by atoms with E-state index in [1.807, 2.05) is 15.8 Å². The Kier molecular flexibility index (Phi) is 3.64. The molecule has 7 heteroatoms. The second-order valence-corrected chi connectivity index (χ2v) is 7.07. The fourth-order valence-corrected chi connectivity index (χ4v) is 3.55. The molecule has 0 aromatic carbocycles. The highest BCUT2D eigenvalue weighted by Crippen LogP contribution is 2.27. The molecule has 3 rings (SSSR count). The summed E-state index contributed by atoms with van der Waals surface area (Å²) in [4.78, 5) is 14.8. The highest BCUT2D eigenvalue weighted by molar-refractivity contribution is 9.10. The number of carbonyl (C=O) groups is 1. The molecule has 1 aliphatic rings. The summed E-state index contributed by atoms with van der Waals surface area (Å²) in [5.41, 5.74) is 0. The van der Waals surface area contributed by atoms with E-state index in [0.717, 1.165) is 17.4 Å². The Hall–Kier alpha value is -0.850. The van der Waals surface area contributed by atoms with Crippen LogP contribution >= 0.6 is 38.9 Å². The van der Waals surface area contributed by atoms with Crippen molar-refractivity contribution in [1.29, 1.82) is 0 Å². The number of carbonyl (C=O) groups excluding carboxylic acids is 1. The van der Waals surface area contributed by atoms with Gasteiger partial charge >= 0.3 is 0 Å². The van der Waals surface area contributed by atoms with E-state index >= 15 is 0 Å². The summed E-state index contributed by atoms with van der Waals surface area (Å²) >= 11 is 10.6. The van der Waals surface area contributed by atoms with Crippen molar-refractivity contribution in [2.24, 2.45) is 0 Å². The molecule has 2 aromatic rings. The quantitative estimate of drug-likeness (QED) is 0.823. The molecule has 0 N–H and O–H groups in total. The molecule has 1 saturated heterocycles. The Morgan fingerprint density at radius 1 is 1.53 bits per heavy atom. The van der Waals surface area contributed by atoms with Gasteiger partial charge in [0, 0.05) is 19.3 Å². The number of likely N-dealkylation sites (tertiary alicyclic amines) is 1. The van der Waals surface area contributed by atoms with Crippen molar-refractivity contribution < 1.29 is 4.79 Å². The first kappa shape index (κ1) is 13.1. The zero-order valence-electron chi connectivity index (χ0n) is 9.92. The normalized spacial score (nSPS) is 19.1. The second-order valence-electron chi connectivity index (χ2n) is 4.44. The average molecular weight is 361 g/mol. The molecule has 1 amide bonds. The van der Waals surface area contributed by atoms with Gasteiger partial charge in [0.25, 0.3) is 5.91 Å². The number of halogens is 2. The summed E-state index contributed by atoms with van der Waals surface area (Å²) in [6.45, 7) is 1.46. The van der Waals surface area contributed by atoms with E-state index in [9.17, 15) is 4.79 Å². The van der Waals surface area contributed by atoms with Crippen LogP contribution in [0.15, 0.2) is 29.0 Å². The number of amides is 1. The number of thiophene rings is 1. The third-order valence-corrected chi connectivity index (χ3v) is 4.81. The van der Waals surface area contributed by atoms with E-state index in [0.29, 0.717) is 15.8 Å². The molecule has 1 atom stereocenters. The Balaban J connectivity index is 1.70. The molecule has 3 heterocycles. The van der Waals surface area contributed by atoms with Crippen molar-refractivity contribution in [2.75, 3.05) is 13.1 Å². The van der Waals surface area contributed by atoms with Gasteiger partial charge in [0.15, 0.2) is 0 Å². The highest BCUT2D eigenvalue weighted by Gasteiger charge is 2.29. The van der Waals surface area contributed by atoms with Crippen LogP contribution in [0.3, 0.4) is 0 Å². The molecule has 0 bridgehead atoms. The van der Waals surface area contributed by atoms with Gasteiger partial charge in [-0.2, -0.15) is 5.10 Å². The van der Waals surface area contributed by atoms with Crippen LogP contribution < -0.4 is 0 Å². The van der Waals surface area contributed by atoms with Crippen molar-refractivity contribution in [2.45, 2.75) is 12.5 Å². The number of rotatable bonds is 2. The van der Waals surface area contributed by atoms with Crippen molar-refractivity contribution in [3.05, 3.63) is 38.2 Å². The minimum Gasteiger partial charge on any atom is -0.336 e. The Morgan fingerprint density at radius 2 is 2.37 bits per heavy atom. The first-order valence-corrected chi connectivity index (χ1v) is 7.86. The van der Waals surface area contributed by atoms with Gasteiger partial charge < -0.3 is 4.90 Å². The van der Waals surface area contributed by atoms with Gasteiger partial charge in [-0.3, -0.25) is 9.48 Å². The Morgan fingerprint density at radius 3 is 3.00 bits per heavy atom. The molecular formula is C12H11BrClN3OS. The fourth-order valence-electron chi connectivity index (χ4n) is 2.24. The van der Waals surface area contributed by atoms with Crippen molar-refractivity contribution in [3.8, 4) is 0 Å². The fraction of sp³-hybridized carbons (Fsp3) is 0.333. The molecule has 0 spiro atoms. The predicted molar refractivity (Wildman–Crippen MR) is 78.8 cm³/mol. The van der Waals surface area contributed by atoms with Crippen LogP contribution in [0.5, 0.6) is 0 Å². The second kappa shape index (κ2) is 5.26. The molecule has 4 nitrogen and oxygen atoms in total. The van der Waals surface area contributed by atoms with Gasteiger partial charge in [0.05, 0.1) is 25.9 Å². The maximum Gasteiger partial charge on any atom is 0.264 e. The van der Waals surface area contributed by atoms with Crippen molar-refractivity contribution in [3.63, 3.8) is 0 Å². The molecule has 1 fully saturated rings. The summed E-state index contributed by atoms with van der Waals surface area (Å²) in [5.74, 6) is 0.0608. The summed E-state index contributed by atoms with van der Waals surface area (Å²) in [6, 6.07) is 3.80. The van der Waals surface area contributed by atoms with Gasteiger partial charge in [-0.15, -0.1) is 11.3 Å². The first-order valence-electron chi connectivity index (χ1n) is 5.88. The highest BCUT2D eigenvalue weighted by atomic mass is 79.9. The number of nitrogens with zero attached hydrogens (tertiary/aromatic N) is 3. The zero-order chi connectivity index (χ0) is 13.4. The van der Waals surface area contributed by atoms with E-state index in [1.54, 1.807) is 18.3 Å². The molecule has 0 saturated carbocycles. The lowest BCUT2D eigenvalue weighted by molar-refractivity contribution is 0.0792. The van der Waals surface area contributed by atoms with Crippen LogP contribution in [0, 0.1) is 0 Å². The summed E-state index contributed by atoms with van der Waals surface area (Å²) in [5, 5.41) is 4.28. The van der Waals surface area contributed by atoms with Gasteiger partial charge in [0.1, 0.15) is 0 Å². The van der Waals surface area contributed by atoms with E-state index < -0.39 is 0 Å². The lowest BCUT2D eigenvalue weighted by Gasteiger charge is -2.15. The van der Waals surface area contributed by atoms with Crippen LogP contribution in [-0.2, 0) is 0 Å². The smallest absolute Gasteiger partial charge is 0.264 e. The number of hydrogen-bond donors (Lipinski definition) is 0. The van der Waals surface area contributed by atoms with E-state index in [-0.39, 0.29) is 11.9 Å². The molecule has 0 aliphatic carbocycles. The lowest BCUT2D eigenvalue weighted by Crippen LogP contribution is -2.28. The van der Waals surface area contributed by atoms with E-state index in [1.165, 1.54) is 11.3 Å². The Labute approximate surface area is 128 Å². The molecular weight excluding hydrogens is 350 g/mol. The third-order valence-electron chi connectivity index (χ3n) is 3.18. The first-order chi connectivity index (χ1) is 9.13. The van der Waals surface area contributed by atoms with Crippen LogP contribution in [0.2, 0.25) is 4.34 Å². The van der Waals surface area contributed by atoms with Gasteiger partial charge in [-0.25, -0.2) is 0 Å². The monoisotopic (exact) mass is 359 g/mol. The summed E-state index contributed by atoms with van der Waals surface area (Å²) < 4.78 is 3.52. The topological polar surface area (TPSA) is 38.1 Å². The Bertz CT molecular complexity index is 612. The molecule has 1 unspecified atom stereocenters. The SMILES string of the molecule is O=C(c1ccc(Cl)s1)N1CCC(n2cc(Br)cn2)C1. The molecule has 2 aromatic heterocycles. The maximum atomic E-state index is 12.3. The third kappa shape index (κ3) is 2.70. The van der Waals surface area contributed by atoms with Crippen molar-refractivity contribution >= 4 is 44.8 Å². The molecule has 0 radical (unpaired) electrons. The van der Waals surface area contributed by atoms with Gasteiger partial charge in [-0.1, -0.05) is 11.6 Å². The predicted octanol–water partition coefficient (Wildman–Crippen LogP) is 3.45.